The Morgan fingerprint density at radius 2 is 2.10 bits per heavy atom. The van der Waals surface area contributed by atoms with Crippen LogP contribution in [0, 0.1) is 29.0 Å². The van der Waals surface area contributed by atoms with E-state index in [1.807, 2.05) is 4.90 Å². The molecule has 2 saturated heterocycles. The van der Waals surface area contributed by atoms with Gasteiger partial charge in [-0.15, -0.1) is 0 Å². The van der Waals surface area contributed by atoms with Gasteiger partial charge < -0.3 is 24.8 Å². The maximum Gasteiger partial charge on any atom is 0.414 e. The summed E-state index contributed by atoms with van der Waals surface area (Å²) >= 11 is 0. The van der Waals surface area contributed by atoms with Crippen LogP contribution in [0.3, 0.4) is 0 Å². The van der Waals surface area contributed by atoms with Crippen LogP contribution in [0.4, 0.5) is 20.6 Å². The highest BCUT2D eigenvalue weighted by molar-refractivity contribution is 5.90. The van der Waals surface area contributed by atoms with Crippen molar-refractivity contribution in [1.29, 1.82) is 5.41 Å². The molecule has 0 radical (unpaired) electrons. The third-order valence-electron chi connectivity index (χ3n) is 5.88. The minimum Gasteiger partial charge on any atom is -0.478 e. The molecule has 1 aliphatic carbocycles. The molecule has 3 fully saturated rings. The molecular weight excluding hydrogens is 395 g/mol. The van der Waals surface area contributed by atoms with Crippen LogP contribution < -0.4 is 15.1 Å². The number of amides is 2. The molecule has 3 N–H and O–H groups in total. The maximum atomic E-state index is 14.8. The number of aliphatic hydroxyl groups excluding tert-OH is 1. The number of cyclic esters (lactones) is 1. The quantitative estimate of drug-likeness (QED) is 0.447. The van der Waals surface area contributed by atoms with E-state index in [9.17, 15) is 14.0 Å². The number of rotatable bonds is 7. The maximum absolute atomic E-state index is 14.8. The van der Waals surface area contributed by atoms with Crippen molar-refractivity contribution in [3.8, 4) is 0 Å². The molecule has 0 spiro atoms. The van der Waals surface area contributed by atoms with E-state index in [0.717, 1.165) is 0 Å². The summed E-state index contributed by atoms with van der Waals surface area (Å²) in [5.41, 5.74) is 0.878. The Morgan fingerprint density at radius 1 is 1.37 bits per heavy atom. The molecule has 1 aromatic carbocycles. The first kappa shape index (κ1) is 20.4. The Morgan fingerprint density at radius 3 is 2.73 bits per heavy atom. The number of aliphatic hydroxyl groups is 1. The first-order chi connectivity index (χ1) is 14.4. The number of fused-ring (bicyclic) bond motifs is 1. The lowest BCUT2D eigenvalue weighted by atomic mass is 10.2. The molecule has 3 aliphatic rings. The number of ether oxygens (including phenoxy) is 2. The van der Waals surface area contributed by atoms with Gasteiger partial charge in [0.1, 0.15) is 18.5 Å². The Kier molecular flexibility index (Phi) is 5.50. The van der Waals surface area contributed by atoms with Crippen molar-refractivity contribution in [1.82, 2.24) is 5.32 Å². The van der Waals surface area contributed by atoms with Gasteiger partial charge in [0.25, 0.3) is 0 Å². The van der Waals surface area contributed by atoms with Gasteiger partial charge in [0.2, 0.25) is 5.91 Å². The molecule has 4 rings (SSSR count). The molecule has 162 valence electrons. The molecular formula is C20H25FN4O5. The zero-order valence-electron chi connectivity index (χ0n) is 16.6. The van der Waals surface area contributed by atoms with Crippen LogP contribution in [0.1, 0.15) is 6.92 Å². The number of carbonyl (C=O) groups is 2. The number of hydrogen-bond acceptors (Lipinski definition) is 7. The number of nitrogens with zero attached hydrogens (tertiary/aromatic N) is 2. The van der Waals surface area contributed by atoms with E-state index in [2.05, 4.69) is 5.32 Å². The average Bonchev–Trinajstić information content (AvgIpc) is 3.03. The second-order valence-electron chi connectivity index (χ2n) is 7.88. The summed E-state index contributed by atoms with van der Waals surface area (Å²) in [6.07, 6.45) is -1.04. The zero-order valence-corrected chi connectivity index (χ0v) is 16.6. The van der Waals surface area contributed by atoms with Gasteiger partial charge in [-0.05, 0) is 30.0 Å². The number of hydrogen-bond donors (Lipinski definition) is 3. The van der Waals surface area contributed by atoms with Crippen LogP contribution >= 0.6 is 0 Å². The first-order valence-corrected chi connectivity index (χ1v) is 9.98. The van der Waals surface area contributed by atoms with Gasteiger partial charge in [-0.25, -0.2) is 9.18 Å². The van der Waals surface area contributed by atoms with E-state index in [1.54, 1.807) is 12.1 Å². The molecule has 10 heteroatoms. The zero-order chi connectivity index (χ0) is 21.4. The van der Waals surface area contributed by atoms with Crippen LogP contribution in [0.15, 0.2) is 18.2 Å². The smallest absolute Gasteiger partial charge is 0.414 e. The first-order valence-electron chi connectivity index (χ1n) is 9.98. The number of halogens is 1. The second kappa shape index (κ2) is 8.10. The summed E-state index contributed by atoms with van der Waals surface area (Å²) < 4.78 is 25.3. The second-order valence-corrected chi connectivity index (χ2v) is 7.88. The number of benzene rings is 1. The number of anilines is 2. The molecule has 2 amide bonds. The monoisotopic (exact) mass is 420 g/mol. The third kappa shape index (κ3) is 3.91. The lowest BCUT2D eigenvalue weighted by molar-refractivity contribution is -0.119. The van der Waals surface area contributed by atoms with Gasteiger partial charge in [0.15, 0.2) is 5.90 Å². The van der Waals surface area contributed by atoms with Crippen molar-refractivity contribution in [2.75, 3.05) is 49.2 Å². The highest BCUT2D eigenvalue weighted by atomic mass is 19.1. The standard InChI is InChI=1S/C20H25FN4O5/c1-11(27)23-7-13-8-25(20(28)30-13)12-2-3-17(16(21)6-12)24-9-14-15(10-24)18(14)19(22)29-5-4-26/h2-3,6,13-15,18,22,26H,4-5,7-10H2,1H3,(H,23,27)/t13-,14-,15+,18?/m0/s1. The van der Waals surface area contributed by atoms with Crippen LogP contribution in [-0.4, -0.2) is 68.5 Å². The highest BCUT2D eigenvalue weighted by Gasteiger charge is 2.59. The number of piperidine rings is 1. The molecule has 30 heavy (non-hydrogen) atoms. The van der Waals surface area contributed by atoms with Crippen molar-refractivity contribution in [2.45, 2.75) is 13.0 Å². The molecule has 1 unspecified atom stereocenters. The molecule has 0 bridgehead atoms. The van der Waals surface area contributed by atoms with Crippen LogP contribution in [0.2, 0.25) is 0 Å². The number of nitrogens with one attached hydrogen (secondary N) is 2. The van der Waals surface area contributed by atoms with Gasteiger partial charge in [-0.2, -0.15) is 0 Å². The van der Waals surface area contributed by atoms with Crippen molar-refractivity contribution in [3.63, 3.8) is 0 Å². The molecule has 1 saturated carbocycles. The SMILES string of the molecule is CC(=O)NC[C@H]1CN(c2ccc(N3C[C@@H]4C(C(=N)OCCO)[C@@H]4C3)c(F)c2)C(=O)O1. The Hall–Kier alpha value is -2.88. The van der Waals surface area contributed by atoms with Gasteiger partial charge in [0.05, 0.1) is 31.1 Å². The van der Waals surface area contributed by atoms with Crippen molar-refractivity contribution in [2.24, 2.45) is 17.8 Å². The molecule has 1 aromatic rings. The van der Waals surface area contributed by atoms with Gasteiger partial charge >= 0.3 is 6.09 Å². The van der Waals surface area contributed by atoms with Crippen LogP contribution in [-0.2, 0) is 14.3 Å². The summed E-state index contributed by atoms with van der Waals surface area (Å²) in [6.45, 7) is 3.13. The van der Waals surface area contributed by atoms with E-state index in [4.69, 9.17) is 20.0 Å². The fourth-order valence-corrected chi connectivity index (χ4v) is 4.38. The summed E-state index contributed by atoms with van der Waals surface area (Å²) in [4.78, 5) is 26.4. The largest absolute Gasteiger partial charge is 0.478 e. The lowest BCUT2D eigenvalue weighted by Gasteiger charge is -2.24. The van der Waals surface area contributed by atoms with Crippen LogP contribution in [0.25, 0.3) is 0 Å². The Bertz CT molecular complexity index is 854. The van der Waals surface area contributed by atoms with E-state index in [1.165, 1.54) is 17.9 Å². The van der Waals surface area contributed by atoms with Crippen molar-refractivity contribution < 1.29 is 28.6 Å². The predicted octanol–water partition coefficient (Wildman–Crippen LogP) is 0.955. The van der Waals surface area contributed by atoms with E-state index in [0.29, 0.717) is 24.5 Å². The minimum atomic E-state index is -0.566. The summed E-state index contributed by atoms with van der Waals surface area (Å²) in [5, 5.41) is 19.3. The number of carbonyl (C=O) groups excluding carboxylic acids is 2. The van der Waals surface area contributed by atoms with Crippen LogP contribution in [0.5, 0.6) is 0 Å². The fourth-order valence-electron chi connectivity index (χ4n) is 4.38. The van der Waals surface area contributed by atoms with Gasteiger partial charge in [0, 0.05) is 25.9 Å². The predicted molar refractivity (Wildman–Crippen MR) is 106 cm³/mol. The fraction of sp³-hybridized carbons (Fsp3) is 0.550. The Balaban J connectivity index is 1.36. The topological polar surface area (TPSA) is 115 Å². The minimum absolute atomic E-state index is 0.0510. The summed E-state index contributed by atoms with van der Waals surface area (Å²) in [5.74, 6) is 0.152. The normalized spacial score (nSPS) is 27.0. The highest BCUT2D eigenvalue weighted by Crippen LogP contribution is 2.53. The van der Waals surface area contributed by atoms with Gasteiger partial charge in [-0.1, -0.05) is 0 Å². The lowest BCUT2D eigenvalue weighted by Crippen LogP contribution is -2.33. The Labute approximate surface area is 173 Å². The average molecular weight is 420 g/mol. The summed E-state index contributed by atoms with van der Waals surface area (Å²) in [6, 6.07) is 4.67. The van der Waals surface area contributed by atoms with E-state index < -0.39 is 18.0 Å². The molecule has 9 nitrogen and oxygen atoms in total. The molecule has 2 aliphatic heterocycles. The van der Waals surface area contributed by atoms with Crippen molar-refractivity contribution in [3.05, 3.63) is 24.0 Å². The van der Waals surface area contributed by atoms with Gasteiger partial charge in [-0.3, -0.25) is 15.1 Å². The van der Waals surface area contributed by atoms with E-state index in [-0.39, 0.29) is 55.9 Å². The molecule has 2 heterocycles. The third-order valence-corrected chi connectivity index (χ3v) is 5.88. The van der Waals surface area contributed by atoms with Crippen molar-refractivity contribution >= 4 is 29.3 Å². The van der Waals surface area contributed by atoms with E-state index >= 15 is 0 Å². The molecule has 0 aromatic heterocycles. The summed E-state index contributed by atoms with van der Waals surface area (Å²) in [7, 11) is 0. The molecule has 4 atom stereocenters.